The van der Waals surface area contributed by atoms with Gasteiger partial charge in [0.15, 0.2) is 70.4 Å². The molecule has 2 aliphatic rings. The molecule has 4 aromatic rings. The molecule has 2 aliphatic heterocycles. The van der Waals surface area contributed by atoms with E-state index < -0.39 is 72.4 Å². The van der Waals surface area contributed by atoms with E-state index in [1.54, 1.807) is 36.4 Å². The molecular formula is C54H62O22. The summed E-state index contributed by atoms with van der Waals surface area (Å²) in [7, 11) is 8.50. The lowest BCUT2D eigenvalue weighted by Gasteiger charge is -2.29. The maximum absolute atomic E-state index is 12.6. The van der Waals surface area contributed by atoms with Gasteiger partial charge in [0.25, 0.3) is 0 Å². The van der Waals surface area contributed by atoms with Crippen molar-refractivity contribution >= 4 is 35.8 Å². The van der Waals surface area contributed by atoms with Gasteiger partial charge in [-0.2, -0.15) is 0 Å². The van der Waals surface area contributed by atoms with Crippen molar-refractivity contribution in [2.24, 2.45) is 11.8 Å². The standard InChI is InChI=1S/C54H62O22/c1-27(55)67-25-47(51(73-31(5)59)33-13-15-39(71-29(3)57)41(17-33)61-7)75-53-43(63-9)19-35(20-44(53)64-10)49-37-23-70-50(38(37)24-69-49)36-21-45(65-11)54(46(22-36)66-12)76-48(26-68-28(2)56)52(74-32(6)60)34-14-16-40(72-30(4)58)42(18-34)62-8/h13-22,37-38,47-52H,23-26H2,1-12H3/t37-,38-,47+,48+,49+,50+,51+,52+/m1/s1. The van der Waals surface area contributed by atoms with Crippen LogP contribution in [0.4, 0.5) is 0 Å². The molecule has 8 atom stereocenters. The van der Waals surface area contributed by atoms with Gasteiger partial charge in [0.05, 0.1) is 68.1 Å². The van der Waals surface area contributed by atoms with Gasteiger partial charge < -0.3 is 75.8 Å². The van der Waals surface area contributed by atoms with Crippen molar-refractivity contribution in [1.29, 1.82) is 0 Å². The number of fused-ring (bicyclic) bond motifs is 1. The summed E-state index contributed by atoms with van der Waals surface area (Å²) in [5.74, 6) is -2.59. The van der Waals surface area contributed by atoms with Gasteiger partial charge in [-0.1, -0.05) is 12.1 Å². The van der Waals surface area contributed by atoms with Gasteiger partial charge in [-0.25, -0.2) is 0 Å². The van der Waals surface area contributed by atoms with Crippen molar-refractivity contribution in [1.82, 2.24) is 0 Å². The number of benzene rings is 4. The minimum atomic E-state index is -1.21. The van der Waals surface area contributed by atoms with Crippen LogP contribution in [0.2, 0.25) is 0 Å². The zero-order valence-electron chi connectivity index (χ0n) is 44.2. The molecule has 0 N–H and O–H groups in total. The van der Waals surface area contributed by atoms with Gasteiger partial charge >= 0.3 is 35.8 Å². The average molecular weight is 1060 g/mol. The molecular weight excluding hydrogens is 1000 g/mol. The quantitative estimate of drug-likeness (QED) is 0.0393. The van der Waals surface area contributed by atoms with Gasteiger partial charge in [0, 0.05) is 64.5 Å². The predicted octanol–water partition coefficient (Wildman–Crippen LogP) is 6.89. The lowest BCUT2D eigenvalue weighted by Crippen LogP contribution is -2.34. The Balaban J connectivity index is 1.30. The second-order valence-electron chi connectivity index (χ2n) is 17.3. The highest BCUT2D eigenvalue weighted by Crippen LogP contribution is 2.54. The third-order valence-electron chi connectivity index (χ3n) is 12.1. The molecule has 0 unspecified atom stereocenters. The van der Waals surface area contributed by atoms with Crippen molar-refractivity contribution < 1.29 is 105 Å². The van der Waals surface area contributed by atoms with E-state index >= 15 is 0 Å². The highest BCUT2D eigenvalue weighted by atomic mass is 16.6. The zero-order valence-corrected chi connectivity index (χ0v) is 44.2. The van der Waals surface area contributed by atoms with Crippen molar-refractivity contribution in [2.45, 2.75) is 78.2 Å². The van der Waals surface area contributed by atoms with Crippen LogP contribution in [-0.2, 0) is 57.2 Å². The molecule has 2 heterocycles. The van der Waals surface area contributed by atoms with Gasteiger partial charge in [-0.05, 0) is 59.7 Å². The molecule has 0 spiro atoms. The molecule has 2 saturated heterocycles. The monoisotopic (exact) mass is 1060 g/mol. The fourth-order valence-corrected chi connectivity index (χ4v) is 8.94. The third-order valence-corrected chi connectivity index (χ3v) is 12.1. The molecule has 0 saturated carbocycles. The first-order valence-corrected chi connectivity index (χ1v) is 23.7. The van der Waals surface area contributed by atoms with E-state index in [1.165, 1.54) is 108 Å². The lowest BCUT2D eigenvalue weighted by atomic mass is 9.84. The average Bonchev–Trinajstić information content (AvgIpc) is 4.02. The lowest BCUT2D eigenvalue weighted by molar-refractivity contribution is -0.158. The second-order valence-corrected chi connectivity index (χ2v) is 17.3. The largest absolute Gasteiger partial charge is 0.493 e. The van der Waals surface area contributed by atoms with Gasteiger partial charge in [-0.15, -0.1) is 0 Å². The van der Waals surface area contributed by atoms with E-state index in [2.05, 4.69) is 0 Å². The molecule has 410 valence electrons. The Morgan fingerprint density at radius 2 is 0.763 bits per heavy atom. The maximum Gasteiger partial charge on any atom is 0.308 e. The van der Waals surface area contributed by atoms with E-state index in [0.29, 0.717) is 22.3 Å². The van der Waals surface area contributed by atoms with Gasteiger partial charge in [0.1, 0.15) is 13.2 Å². The summed E-state index contributed by atoms with van der Waals surface area (Å²) in [4.78, 5) is 73.2. The summed E-state index contributed by atoms with van der Waals surface area (Å²) < 4.78 is 93.6. The van der Waals surface area contributed by atoms with Gasteiger partial charge in [-0.3, -0.25) is 28.8 Å². The molecule has 22 nitrogen and oxygen atoms in total. The number of hydrogen-bond donors (Lipinski definition) is 0. The Bertz CT molecular complexity index is 2520. The topological polar surface area (TPSA) is 250 Å². The number of ether oxygens (including phenoxy) is 16. The van der Waals surface area contributed by atoms with Crippen molar-refractivity contribution in [3.63, 3.8) is 0 Å². The SMILES string of the molecule is COc1cc([C@H](OC(C)=O)[C@H](COC(C)=O)Oc2c(OC)cc([C@@H]3OC[C@@H]4[C@H]3CO[C@H]4c3cc(OC)c(O[C@@H](COC(C)=O)[C@@H](OC(C)=O)c4ccc(OC(C)=O)c(OC)c4)c(OC)c3)cc2OC)ccc1OC(C)=O. The highest BCUT2D eigenvalue weighted by Gasteiger charge is 2.49. The summed E-state index contributed by atoms with van der Waals surface area (Å²) in [6.45, 7) is 7.12. The summed E-state index contributed by atoms with van der Waals surface area (Å²) >= 11 is 0. The Labute approximate surface area is 438 Å². The number of rotatable bonds is 24. The Hall–Kier alpha value is -7.98. The molecule has 0 aromatic heterocycles. The molecule has 0 aliphatic carbocycles. The summed E-state index contributed by atoms with van der Waals surface area (Å²) in [5.41, 5.74) is 2.03. The minimum absolute atomic E-state index is 0.0920. The first-order valence-electron chi connectivity index (χ1n) is 23.7. The van der Waals surface area contributed by atoms with Gasteiger partial charge in [0.2, 0.25) is 11.5 Å². The van der Waals surface area contributed by atoms with E-state index in [0.717, 1.165) is 0 Å². The summed E-state index contributed by atoms with van der Waals surface area (Å²) in [6.07, 6.45) is -5.88. The fourth-order valence-electron chi connectivity index (χ4n) is 8.94. The van der Waals surface area contributed by atoms with E-state index in [9.17, 15) is 28.8 Å². The molecule has 76 heavy (non-hydrogen) atoms. The van der Waals surface area contributed by atoms with Crippen LogP contribution in [0.5, 0.6) is 57.5 Å². The van der Waals surface area contributed by atoms with Crippen LogP contribution < -0.4 is 47.4 Å². The van der Waals surface area contributed by atoms with Crippen molar-refractivity contribution in [3.8, 4) is 57.5 Å². The number of hydrogen-bond acceptors (Lipinski definition) is 22. The van der Waals surface area contributed by atoms with Crippen LogP contribution in [-0.4, -0.2) is 117 Å². The Kier molecular flexibility index (Phi) is 19.6. The smallest absolute Gasteiger partial charge is 0.308 e. The molecule has 0 amide bonds. The first kappa shape index (κ1) is 57.3. The zero-order chi connectivity index (χ0) is 55.4. The van der Waals surface area contributed by atoms with Crippen LogP contribution >= 0.6 is 0 Å². The Morgan fingerprint density at radius 1 is 0.434 bits per heavy atom. The molecule has 4 aromatic carbocycles. The number of carbonyl (C=O) groups excluding carboxylic acids is 6. The Morgan fingerprint density at radius 3 is 1.04 bits per heavy atom. The number of esters is 6. The third kappa shape index (κ3) is 13.8. The van der Waals surface area contributed by atoms with Crippen LogP contribution in [0.1, 0.15) is 88.2 Å². The molecule has 6 rings (SSSR count). The molecule has 22 heteroatoms. The van der Waals surface area contributed by atoms with Crippen molar-refractivity contribution in [2.75, 3.05) is 69.1 Å². The maximum atomic E-state index is 12.6. The highest BCUT2D eigenvalue weighted by molar-refractivity contribution is 5.72. The number of carbonyl (C=O) groups is 6. The second kappa shape index (κ2) is 26.0. The van der Waals surface area contributed by atoms with Crippen LogP contribution in [0.25, 0.3) is 0 Å². The molecule has 0 bridgehead atoms. The van der Waals surface area contributed by atoms with Crippen LogP contribution in [0, 0.1) is 11.8 Å². The van der Waals surface area contributed by atoms with E-state index in [-0.39, 0.29) is 95.8 Å². The molecule has 0 radical (unpaired) electrons. The summed E-state index contributed by atoms with van der Waals surface area (Å²) in [6, 6.07) is 16.0. The van der Waals surface area contributed by atoms with E-state index in [4.69, 9.17) is 75.8 Å². The van der Waals surface area contributed by atoms with E-state index in [1.807, 2.05) is 0 Å². The van der Waals surface area contributed by atoms with Crippen LogP contribution in [0.15, 0.2) is 60.7 Å². The van der Waals surface area contributed by atoms with Crippen LogP contribution in [0.3, 0.4) is 0 Å². The normalized spacial score (nSPS) is 18.0. The number of methoxy groups -OCH3 is 6. The molecule has 2 fully saturated rings. The van der Waals surface area contributed by atoms with Crippen molar-refractivity contribution in [3.05, 3.63) is 82.9 Å². The fraction of sp³-hybridized carbons (Fsp3) is 0.444. The predicted molar refractivity (Wildman–Crippen MR) is 263 cm³/mol. The summed E-state index contributed by atoms with van der Waals surface area (Å²) in [5, 5.41) is 0. The first-order chi connectivity index (χ1) is 36.3. The minimum Gasteiger partial charge on any atom is -0.493 e.